The molecule has 0 aliphatic heterocycles. The number of hydrogen-bond donors (Lipinski definition) is 0. The summed E-state index contributed by atoms with van der Waals surface area (Å²) in [4.78, 5) is 14.1. The van der Waals surface area contributed by atoms with Gasteiger partial charge in [-0.15, -0.1) is 11.3 Å². The first-order valence-corrected chi connectivity index (χ1v) is 9.79. The van der Waals surface area contributed by atoms with E-state index in [-0.39, 0.29) is 5.41 Å². The molecule has 2 atom stereocenters. The van der Waals surface area contributed by atoms with Crippen molar-refractivity contribution >= 4 is 49.0 Å². The van der Waals surface area contributed by atoms with Crippen molar-refractivity contribution in [1.82, 2.24) is 0 Å². The van der Waals surface area contributed by atoms with Gasteiger partial charge in [-0.05, 0) is 93.7 Å². The summed E-state index contributed by atoms with van der Waals surface area (Å²) in [5, 5.41) is 0. The van der Waals surface area contributed by atoms with Gasteiger partial charge in [-0.1, -0.05) is 6.92 Å². The number of rotatable bonds is 2. The molecule has 2 unspecified atom stereocenters. The molecule has 0 spiro atoms. The summed E-state index contributed by atoms with van der Waals surface area (Å²) in [5.74, 6) is 2.03. The van der Waals surface area contributed by atoms with Crippen molar-refractivity contribution in [1.29, 1.82) is 0 Å². The lowest BCUT2D eigenvalue weighted by atomic mass is 9.44. The first kappa shape index (κ1) is 14.0. The molecular formula is C16H18Br2OS. The van der Waals surface area contributed by atoms with E-state index in [4.69, 9.17) is 0 Å². The van der Waals surface area contributed by atoms with Crippen LogP contribution in [-0.2, 0) is 0 Å². The topological polar surface area (TPSA) is 17.1 Å². The van der Waals surface area contributed by atoms with Crippen LogP contribution in [0.1, 0.15) is 55.1 Å². The average Bonchev–Trinajstić information content (AvgIpc) is 2.65. The quantitative estimate of drug-likeness (QED) is 0.534. The van der Waals surface area contributed by atoms with Crippen molar-refractivity contribution in [2.45, 2.75) is 45.4 Å². The Morgan fingerprint density at radius 3 is 2.40 bits per heavy atom. The van der Waals surface area contributed by atoms with Crippen LogP contribution in [0.15, 0.2) is 14.3 Å². The zero-order valence-corrected chi connectivity index (χ0v) is 15.5. The summed E-state index contributed by atoms with van der Waals surface area (Å²) in [7, 11) is 0. The fourth-order valence-electron chi connectivity index (χ4n) is 5.71. The number of halogens is 2. The Kier molecular flexibility index (Phi) is 3.08. The van der Waals surface area contributed by atoms with Crippen molar-refractivity contribution in [3.63, 3.8) is 0 Å². The Hall–Kier alpha value is 0.330. The number of carbonyl (C=O) groups is 1. The molecule has 4 aliphatic carbocycles. The Morgan fingerprint density at radius 1 is 1.25 bits per heavy atom. The molecule has 5 rings (SSSR count). The van der Waals surface area contributed by atoms with Gasteiger partial charge in [0.1, 0.15) is 0 Å². The largest absolute Gasteiger partial charge is 0.293 e. The van der Waals surface area contributed by atoms with E-state index in [9.17, 15) is 4.79 Å². The number of hydrogen-bond acceptors (Lipinski definition) is 2. The molecule has 0 saturated heterocycles. The third kappa shape index (κ3) is 2.01. The SMILES string of the molecule is CC12CC3CC(C1)CC(C(=O)c1cc(Br)c(Br)s1)(C3)C2. The lowest BCUT2D eigenvalue weighted by molar-refractivity contribution is -0.0819. The van der Waals surface area contributed by atoms with E-state index in [1.165, 1.54) is 19.3 Å². The van der Waals surface area contributed by atoms with Crippen LogP contribution < -0.4 is 0 Å². The zero-order valence-electron chi connectivity index (χ0n) is 11.5. The molecule has 4 saturated carbocycles. The monoisotopic (exact) mass is 416 g/mol. The zero-order chi connectivity index (χ0) is 14.1. The molecule has 1 aromatic rings. The van der Waals surface area contributed by atoms with E-state index in [0.717, 1.165) is 44.2 Å². The fourth-order valence-corrected chi connectivity index (χ4v) is 7.80. The summed E-state index contributed by atoms with van der Waals surface area (Å²) < 4.78 is 2.05. The van der Waals surface area contributed by atoms with E-state index in [1.54, 1.807) is 11.3 Å². The normalized spacial score (nSPS) is 42.1. The van der Waals surface area contributed by atoms with Gasteiger partial charge in [0, 0.05) is 9.89 Å². The van der Waals surface area contributed by atoms with Gasteiger partial charge >= 0.3 is 0 Å². The molecule has 4 bridgehead atoms. The average molecular weight is 418 g/mol. The van der Waals surface area contributed by atoms with Crippen molar-refractivity contribution < 1.29 is 4.79 Å². The van der Waals surface area contributed by atoms with E-state index in [1.807, 2.05) is 6.07 Å². The highest BCUT2D eigenvalue weighted by molar-refractivity contribution is 9.13. The highest BCUT2D eigenvalue weighted by atomic mass is 79.9. The fraction of sp³-hybridized carbons (Fsp3) is 0.688. The second-order valence-electron chi connectivity index (χ2n) is 7.61. The van der Waals surface area contributed by atoms with Crippen LogP contribution in [0.25, 0.3) is 0 Å². The lowest BCUT2D eigenvalue weighted by Crippen LogP contribution is -2.53. The molecule has 0 aromatic carbocycles. The highest BCUT2D eigenvalue weighted by Gasteiger charge is 2.58. The van der Waals surface area contributed by atoms with Crippen LogP contribution in [-0.4, -0.2) is 5.78 Å². The molecule has 108 valence electrons. The van der Waals surface area contributed by atoms with Gasteiger partial charge < -0.3 is 0 Å². The molecule has 20 heavy (non-hydrogen) atoms. The number of Topliss-reactive ketones (excluding diaryl/α,β-unsaturated/α-hetero) is 1. The van der Waals surface area contributed by atoms with Crippen LogP contribution >= 0.6 is 43.2 Å². The van der Waals surface area contributed by atoms with E-state index in [0.29, 0.717) is 11.2 Å². The number of carbonyl (C=O) groups excluding carboxylic acids is 1. The summed E-state index contributed by atoms with van der Waals surface area (Å²) in [6.07, 6.45) is 7.50. The third-order valence-corrected chi connectivity index (χ3v) is 8.96. The summed E-state index contributed by atoms with van der Waals surface area (Å²) >= 11 is 8.63. The molecule has 1 nitrogen and oxygen atoms in total. The van der Waals surface area contributed by atoms with E-state index < -0.39 is 0 Å². The summed E-state index contributed by atoms with van der Waals surface area (Å²) in [5.41, 5.74) is 0.397. The van der Waals surface area contributed by atoms with Gasteiger partial charge in [0.25, 0.3) is 0 Å². The number of thiophene rings is 1. The van der Waals surface area contributed by atoms with Gasteiger partial charge in [-0.25, -0.2) is 0 Å². The smallest absolute Gasteiger partial charge is 0.179 e. The minimum Gasteiger partial charge on any atom is -0.293 e. The van der Waals surface area contributed by atoms with Gasteiger partial charge in [0.05, 0.1) is 8.66 Å². The van der Waals surface area contributed by atoms with Crippen molar-refractivity contribution in [3.8, 4) is 0 Å². The molecule has 0 radical (unpaired) electrons. The maximum Gasteiger partial charge on any atom is 0.179 e. The Balaban J connectivity index is 1.72. The molecule has 4 fully saturated rings. The second kappa shape index (κ2) is 4.42. The maximum absolute atomic E-state index is 13.2. The van der Waals surface area contributed by atoms with Crippen LogP contribution in [0.4, 0.5) is 0 Å². The van der Waals surface area contributed by atoms with Gasteiger partial charge in [0.2, 0.25) is 0 Å². The molecule has 0 N–H and O–H groups in total. The standard InChI is InChI=1S/C16H18Br2OS/c1-15-4-9-2-10(5-15)7-16(6-9,8-15)13(19)12-3-11(17)14(18)20-12/h3,9-10H,2,4-8H2,1H3. The Morgan fingerprint density at radius 2 is 1.90 bits per heavy atom. The first-order chi connectivity index (χ1) is 9.39. The molecular weight excluding hydrogens is 400 g/mol. The molecule has 4 heteroatoms. The van der Waals surface area contributed by atoms with Gasteiger partial charge in [-0.3, -0.25) is 4.79 Å². The van der Waals surface area contributed by atoms with Crippen molar-refractivity contribution in [3.05, 3.63) is 19.2 Å². The second-order valence-corrected chi connectivity index (χ2v) is 10.8. The number of ketones is 1. The van der Waals surface area contributed by atoms with Gasteiger partial charge in [-0.2, -0.15) is 0 Å². The lowest BCUT2D eigenvalue weighted by Gasteiger charge is -2.60. The maximum atomic E-state index is 13.2. The minimum atomic E-state index is -0.0391. The summed E-state index contributed by atoms with van der Waals surface area (Å²) in [6, 6.07) is 2.01. The van der Waals surface area contributed by atoms with Crippen LogP contribution in [0, 0.1) is 22.7 Å². The predicted octanol–water partition coefficient (Wildman–Crippen LogP) is 6.06. The Labute approximate surface area is 140 Å². The third-order valence-electron chi connectivity index (χ3n) is 5.70. The Bertz CT molecular complexity index is 558. The van der Waals surface area contributed by atoms with Crippen molar-refractivity contribution in [2.75, 3.05) is 0 Å². The van der Waals surface area contributed by atoms with E-state index >= 15 is 0 Å². The predicted molar refractivity (Wildman–Crippen MR) is 89.3 cm³/mol. The van der Waals surface area contributed by atoms with Crippen LogP contribution in [0.3, 0.4) is 0 Å². The molecule has 1 aromatic heterocycles. The molecule has 1 heterocycles. The minimum absolute atomic E-state index is 0.0391. The van der Waals surface area contributed by atoms with Crippen molar-refractivity contribution in [2.24, 2.45) is 22.7 Å². The molecule has 4 aliphatic rings. The van der Waals surface area contributed by atoms with Crippen LogP contribution in [0.2, 0.25) is 0 Å². The van der Waals surface area contributed by atoms with Gasteiger partial charge in [0.15, 0.2) is 5.78 Å². The first-order valence-electron chi connectivity index (χ1n) is 7.39. The molecule has 0 amide bonds. The highest BCUT2D eigenvalue weighted by Crippen LogP contribution is 2.66. The summed E-state index contributed by atoms with van der Waals surface area (Å²) in [6.45, 7) is 2.42. The van der Waals surface area contributed by atoms with E-state index in [2.05, 4.69) is 38.8 Å². The van der Waals surface area contributed by atoms with Crippen LogP contribution in [0.5, 0.6) is 0 Å².